The van der Waals surface area contributed by atoms with Crippen molar-refractivity contribution in [2.24, 2.45) is 4.99 Å². The minimum atomic E-state index is -0.439. The lowest BCUT2D eigenvalue weighted by molar-refractivity contribution is 0.0147. The van der Waals surface area contributed by atoms with Crippen molar-refractivity contribution in [1.82, 2.24) is 20.4 Å². The minimum Gasteiger partial charge on any atom is -0.444 e. The molecule has 7 nitrogen and oxygen atoms in total. The molecule has 0 unspecified atom stereocenters. The number of nitrogens with one attached hydrogen (secondary N) is 2. The van der Waals surface area contributed by atoms with E-state index in [4.69, 9.17) is 4.74 Å². The smallest absolute Gasteiger partial charge is 0.410 e. The highest BCUT2D eigenvalue weighted by Gasteiger charge is 2.25. The van der Waals surface area contributed by atoms with Crippen LogP contribution in [0.2, 0.25) is 0 Å². The van der Waals surface area contributed by atoms with Gasteiger partial charge in [0.15, 0.2) is 5.96 Å². The minimum absolute atomic E-state index is 0.176. The van der Waals surface area contributed by atoms with Crippen LogP contribution < -0.4 is 10.6 Å². The Balaban J connectivity index is 2.26. The van der Waals surface area contributed by atoms with Crippen molar-refractivity contribution in [3.8, 4) is 0 Å². The molecule has 0 bridgehead atoms. The lowest BCUT2D eigenvalue weighted by Gasteiger charge is -2.35. The van der Waals surface area contributed by atoms with E-state index in [2.05, 4.69) is 40.6 Å². The van der Waals surface area contributed by atoms with Gasteiger partial charge in [-0.25, -0.2) is 4.79 Å². The summed E-state index contributed by atoms with van der Waals surface area (Å²) in [5.74, 6) is 0.833. The fraction of sp³-hybridized carbons (Fsp3) is 0.889. The molecule has 0 spiro atoms. The highest BCUT2D eigenvalue weighted by molar-refractivity contribution is 7.99. The summed E-state index contributed by atoms with van der Waals surface area (Å²) in [6, 6.07) is 0. The summed E-state index contributed by atoms with van der Waals surface area (Å²) in [5, 5.41) is 6.73. The number of aliphatic imine (C=N–C) groups is 1. The topological polar surface area (TPSA) is 69.2 Å². The molecule has 1 aliphatic rings. The molecule has 1 heterocycles. The van der Waals surface area contributed by atoms with Gasteiger partial charge in [-0.15, -0.1) is 0 Å². The number of hydrogen-bond donors (Lipinski definition) is 2. The molecule has 26 heavy (non-hydrogen) atoms. The first-order chi connectivity index (χ1) is 12.1. The Hall–Kier alpha value is -1.15. The molecule has 0 radical (unpaired) electrons. The number of rotatable bonds is 6. The number of ether oxygens (including phenoxy) is 1. The van der Waals surface area contributed by atoms with Crippen molar-refractivity contribution in [1.29, 1.82) is 0 Å². The molecule has 1 aliphatic heterocycles. The Morgan fingerprint density at radius 2 is 1.73 bits per heavy atom. The first kappa shape index (κ1) is 22.9. The zero-order valence-electron chi connectivity index (χ0n) is 17.5. The number of carbonyl (C=O) groups excluding carboxylic acids is 1. The summed E-state index contributed by atoms with van der Waals surface area (Å²) < 4.78 is 5.61. The lowest BCUT2D eigenvalue weighted by Crippen LogP contribution is -2.52. The number of hydrogen-bond acceptors (Lipinski definition) is 5. The number of nitrogens with zero attached hydrogens (tertiary/aromatic N) is 3. The van der Waals surface area contributed by atoms with E-state index in [1.165, 1.54) is 0 Å². The second-order valence-electron chi connectivity index (χ2n) is 8.13. The number of piperazine rings is 1. The highest BCUT2D eigenvalue weighted by atomic mass is 32.2. The van der Waals surface area contributed by atoms with Gasteiger partial charge < -0.3 is 20.3 Å². The summed E-state index contributed by atoms with van der Waals surface area (Å²) in [6.45, 7) is 15.9. The maximum Gasteiger partial charge on any atom is 0.410 e. The van der Waals surface area contributed by atoms with Gasteiger partial charge in [0.1, 0.15) is 5.60 Å². The summed E-state index contributed by atoms with van der Waals surface area (Å²) in [6.07, 6.45) is 1.91. The molecular formula is C18H37N5O2S. The third-order valence-electron chi connectivity index (χ3n) is 4.20. The second-order valence-corrected chi connectivity index (χ2v) is 9.64. The monoisotopic (exact) mass is 387 g/mol. The van der Waals surface area contributed by atoms with Gasteiger partial charge in [0.05, 0.1) is 0 Å². The lowest BCUT2D eigenvalue weighted by atomic mass is 10.2. The van der Waals surface area contributed by atoms with Crippen LogP contribution in [-0.4, -0.2) is 91.3 Å². The Morgan fingerprint density at radius 1 is 1.12 bits per heavy atom. The van der Waals surface area contributed by atoms with Crippen LogP contribution in [0.15, 0.2) is 4.99 Å². The van der Waals surface area contributed by atoms with E-state index in [-0.39, 0.29) is 10.8 Å². The average Bonchev–Trinajstić information content (AvgIpc) is 2.57. The van der Waals surface area contributed by atoms with Crippen LogP contribution >= 0.6 is 11.8 Å². The molecule has 8 heteroatoms. The summed E-state index contributed by atoms with van der Waals surface area (Å²) in [7, 11) is 1.79. The van der Waals surface area contributed by atoms with Crippen LogP contribution in [0.5, 0.6) is 0 Å². The van der Waals surface area contributed by atoms with Gasteiger partial charge in [-0.1, -0.05) is 0 Å². The van der Waals surface area contributed by atoms with Gasteiger partial charge >= 0.3 is 6.09 Å². The molecule has 0 saturated carbocycles. The molecule has 0 aromatic heterocycles. The van der Waals surface area contributed by atoms with E-state index in [0.29, 0.717) is 13.1 Å². The molecule has 0 atom stereocenters. The highest BCUT2D eigenvalue weighted by Crippen LogP contribution is 2.19. The molecule has 152 valence electrons. The predicted molar refractivity (Wildman–Crippen MR) is 111 cm³/mol. The Bertz CT molecular complexity index is 469. The molecule has 0 aromatic rings. The molecule has 0 aromatic carbocycles. The summed E-state index contributed by atoms with van der Waals surface area (Å²) in [5.41, 5.74) is -0.439. The summed E-state index contributed by atoms with van der Waals surface area (Å²) in [4.78, 5) is 20.5. The molecule has 0 aliphatic carbocycles. The largest absolute Gasteiger partial charge is 0.444 e. The molecule has 1 saturated heterocycles. The van der Waals surface area contributed by atoms with Crippen molar-refractivity contribution in [2.75, 3.05) is 59.1 Å². The zero-order chi connectivity index (χ0) is 19.8. The number of guanidine groups is 1. The van der Waals surface area contributed by atoms with Crippen molar-refractivity contribution in [2.45, 2.75) is 45.0 Å². The average molecular weight is 388 g/mol. The van der Waals surface area contributed by atoms with E-state index < -0.39 is 5.60 Å². The zero-order valence-corrected chi connectivity index (χ0v) is 18.3. The standard InChI is InChI=1S/C18H37N5O2S/c1-17(2,3)25-16(24)23-12-10-22(11-13-23)9-8-20-15(19-6)21-14-18(4,5)26-7/h8-14H2,1-7H3,(H2,19,20,21). The first-order valence-corrected chi connectivity index (χ1v) is 10.5. The maximum absolute atomic E-state index is 12.1. The van der Waals surface area contributed by atoms with Gasteiger partial charge in [-0.2, -0.15) is 11.8 Å². The predicted octanol–water partition coefficient (Wildman–Crippen LogP) is 1.85. The fourth-order valence-electron chi connectivity index (χ4n) is 2.40. The van der Waals surface area contributed by atoms with Crippen LogP contribution in [-0.2, 0) is 4.74 Å². The van der Waals surface area contributed by atoms with Crippen LogP contribution in [0.25, 0.3) is 0 Å². The Labute approximate surface area is 163 Å². The van der Waals surface area contributed by atoms with E-state index in [9.17, 15) is 4.79 Å². The number of thioether (sulfide) groups is 1. The molecule has 1 fully saturated rings. The SMILES string of the molecule is CN=C(NCCN1CCN(C(=O)OC(C)(C)C)CC1)NCC(C)(C)SC. The molecule has 2 N–H and O–H groups in total. The quantitative estimate of drug-likeness (QED) is 0.535. The first-order valence-electron chi connectivity index (χ1n) is 9.26. The number of carbonyl (C=O) groups is 1. The van der Waals surface area contributed by atoms with Crippen LogP contribution in [0.4, 0.5) is 4.79 Å². The van der Waals surface area contributed by atoms with Gasteiger partial charge in [0.2, 0.25) is 0 Å². The molecule has 1 rings (SSSR count). The van der Waals surface area contributed by atoms with Crippen molar-refractivity contribution in [3.63, 3.8) is 0 Å². The van der Waals surface area contributed by atoms with Crippen LogP contribution in [0.3, 0.4) is 0 Å². The van der Waals surface area contributed by atoms with E-state index in [0.717, 1.165) is 38.7 Å². The van der Waals surface area contributed by atoms with Crippen molar-refractivity contribution >= 4 is 23.8 Å². The van der Waals surface area contributed by atoms with Crippen molar-refractivity contribution < 1.29 is 9.53 Å². The molecule has 1 amide bonds. The van der Waals surface area contributed by atoms with Gasteiger partial charge in [-0.05, 0) is 40.9 Å². The van der Waals surface area contributed by atoms with Gasteiger partial charge in [0.25, 0.3) is 0 Å². The van der Waals surface area contributed by atoms with Crippen LogP contribution in [0.1, 0.15) is 34.6 Å². The van der Waals surface area contributed by atoms with Gasteiger partial charge in [0, 0.05) is 57.6 Å². The van der Waals surface area contributed by atoms with E-state index in [1.807, 2.05) is 32.5 Å². The number of amides is 1. The van der Waals surface area contributed by atoms with Crippen LogP contribution in [0, 0.1) is 0 Å². The second kappa shape index (κ2) is 10.3. The maximum atomic E-state index is 12.1. The third kappa shape index (κ3) is 8.98. The third-order valence-corrected chi connectivity index (χ3v) is 5.45. The van der Waals surface area contributed by atoms with Gasteiger partial charge in [-0.3, -0.25) is 9.89 Å². The fourth-order valence-corrected chi connectivity index (χ4v) is 2.62. The van der Waals surface area contributed by atoms with E-state index in [1.54, 1.807) is 11.9 Å². The Morgan fingerprint density at radius 3 is 2.23 bits per heavy atom. The molecular weight excluding hydrogens is 350 g/mol. The summed E-state index contributed by atoms with van der Waals surface area (Å²) >= 11 is 1.84. The van der Waals surface area contributed by atoms with E-state index >= 15 is 0 Å². The Kier molecular flexibility index (Phi) is 9.03. The normalized spacial score (nSPS) is 17.2. The van der Waals surface area contributed by atoms with Crippen molar-refractivity contribution in [3.05, 3.63) is 0 Å².